The van der Waals surface area contributed by atoms with Crippen LogP contribution >= 0.6 is 42.3 Å². The molecule has 1 saturated heterocycles. The maximum atomic E-state index is 3.19. The molecule has 1 fully saturated rings. The second-order valence-electron chi connectivity index (χ2n) is 4.06. The van der Waals surface area contributed by atoms with Crippen molar-refractivity contribution in [1.82, 2.24) is 14.7 Å². The Kier molecular flexibility index (Phi) is 12.0. The van der Waals surface area contributed by atoms with Crippen LogP contribution in [0.2, 0.25) is 0 Å². The van der Waals surface area contributed by atoms with Crippen LogP contribution in [0.5, 0.6) is 0 Å². The molecule has 1 heterocycles. The Morgan fingerprint density at radius 3 is 0.875 bits per heavy atom. The summed E-state index contributed by atoms with van der Waals surface area (Å²) in [4.78, 5) is 7.20. The maximum absolute atomic E-state index is 3.19. The van der Waals surface area contributed by atoms with E-state index in [0.29, 0.717) is 0 Å². The van der Waals surface area contributed by atoms with Crippen LogP contribution in [0, 0.1) is 0 Å². The average Bonchev–Trinajstić information content (AvgIpc) is 2.24. The van der Waals surface area contributed by atoms with Gasteiger partial charge in [-0.2, -0.15) is 0 Å². The van der Waals surface area contributed by atoms with Gasteiger partial charge in [0.25, 0.3) is 0 Å². The van der Waals surface area contributed by atoms with E-state index in [4.69, 9.17) is 0 Å². The van der Waals surface area contributed by atoms with Crippen LogP contribution in [0.25, 0.3) is 0 Å². The Bertz CT molecular complexity index is 136. The van der Waals surface area contributed by atoms with Gasteiger partial charge >= 0.3 is 50.8 Å². The predicted molar refractivity (Wildman–Crippen MR) is 79.3 cm³/mol. The molecule has 0 aromatic heterocycles. The van der Waals surface area contributed by atoms with Crippen molar-refractivity contribution in [3.8, 4) is 0 Å². The third kappa shape index (κ3) is 12.3. The normalized spacial score (nSPS) is 22.5. The van der Waals surface area contributed by atoms with E-state index in [2.05, 4.69) is 78.2 Å². The fourth-order valence-electron chi connectivity index (χ4n) is 1.36. The zero-order valence-corrected chi connectivity index (χ0v) is 15.9. The van der Waals surface area contributed by atoms with Gasteiger partial charge in [-0.05, 0) is 21.1 Å². The number of rotatable bonds is 0. The van der Waals surface area contributed by atoms with Gasteiger partial charge in [0.15, 0.2) is 0 Å². The Balaban J connectivity index is 0.000000487. The summed E-state index contributed by atoms with van der Waals surface area (Å²) in [5.41, 5.74) is 0. The molecule has 16 heavy (non-hydrogen) atoms. The minimum atomic E-state index is -0.312. The van der Waals surface area contributed by atoms with Gasteiger partial charge in [-0.25, -0.2) is 0 Å². The van der Waals surface area contributed by atoms with Crippen LogP contribution in [0.1, 0.15) is 0 Å². The zero-order valence-electron chi connectivity index (χ0n) is 10.1. The first-order valence-electron chi connectivity index (χ1n) is 5.14. The molecule has 0 N–H and O–H groups in total. The molecule has 0 amide bonds. The van der Waals surface area contributed by atoms with E-state index in [1.54, 1.807) is 0 Å². The van der Waals surface area contributed by atoms with Gasteiger partial charge in [0.2, 0.25) is 0 Å². The van der Waals surface area contributed by atoms with Gasteiger partial charge < -0.3 is 14.7 Å². The topological polar surface area (TPSA) is 9.72 Å². The van der Waals surface area contributed by atoms with Gasteiger partial charge in [0.05, 0.1) is 0 Å². The van der Waals surface area contributed by atoms with E-state index in [1.807, 2.05) is 0 Å². The molecular weight excluding hydrogens is 446 g/mol. The average molecular weight is 467 g/mol. The standard InChI is InChI=1S/C9H21N3.3BrH.Fe/c1-10-4-6-11(2)8-9-12(3)7-5-10;;;;/h4-9H2,1-3H3;3*1H;/q;;;;+3/p-3. The molecule has 1 aliphatic rings. The quantitative estimate of drug-likeness (QED) is 0.507. The summed E-state index contributed by atoms with van der Waals surface area (Å²) >= 11 is 9.56. The molecule has 0 saturated carbocycles. The van der Waals surface area contributed by atoms with Crippen molar-refractivity contribution in [3.63, 3.8) is 0 Å². The number of hydrogen-bond donors (Lipinski definition) is 0. The second-order valence-corrected chi connectivity index (χ2v) is 20.8. The summed E-state index contributed by atoms with van der Waals surface area (Å²) in [6, 6.07) is 0. The molecule has 0 aromatic rings. The van der Waals surface area contributed by atoms with Crippen LogP contribution in [-0.2, 0) is 8.48 Å². The summed E-state index contributed by atoms with van der Waals surface area (Å²) in [6.07, 6.45) is 0. The molecule has 0 unspecified atom stereocenters. The molecule has 1 aliphatic heterocycles. The van der Waals surface area contributed by atoms with Crippen molar-refractivity contribution in [2.75, 3.05) is 60.4 Å². The molecule has 0 radical (unpaired) electrons. The van der Waals surface area contributed by atoms with E-state index in [1.165, 1.54) is 39.3 Å². The van der Waals surface area contributed by atoms with Crippen molar-refractivity contribution >= 4 is 42.3 Å². The molecule has 1 rings (SSSR count). The Morgan fingerprint density at radius 2 is 0.750 bits per heavy atom. The van der Waals surface area contributed by atoms with Crippen molar-refractivity contribution in [2.45, 2.75) is 0 Å². The Hall–Kier alpha value is 1.84. The van der Waals surface area contributed by atoms with Gasteiger partial charge in [-0.1, -0.05) is 0 Å². The molecule has 0 bridgehead atoms. The van der Waals surface area contributed by atoms with Crippen molar-refractivity contribution in [2.24, 2.45) is 0 Å². The summed E-state index contributed by atoms with van der Waals surface area (Å²) in [5.74, 6) is 0. The predicted octanol–water partition coefficient (Wildman–Crippen LogP) is 2.33. The molecule has 0 aliphatic carbocycles. The Morgan fingerprint density at radius 1 is 0.625 bits per heavy atom. The fourth-order valence-corrected chi connectivity index (χ4v) is 1.36. The zero-order chi connectivity index (χ0) is 12.6. The summed E-state index contributed by atoms with van der Waals surface area (Å²) in [5, 5.41) is 0. The third-order valence-electron chi connectivity index (χ3n) is 2.59. The minimum absolute atomic E-state index is 0.312. The molecular formula is C9H21Br3FeN3. The van der Waals surface area contributed by atoms with E-state index in [-0.39, 0.29) is 8.48 Å². The summed E-state index contributed by atoms with van der Waals surface area (Å²) in [7, 11) is 6.29. The van der Waals surface area contributed by atoms with Crippen LogP contribution in [-0.4, -0.2) is 75.1 Å². The van der Waals surface area contributed by atoms with Crippen LogP contribution in [0.15, 0.2) is 0 Å². The molecule has 7 heteroatoms. The number of nitrogens with zero attached hydrogens (tertiary/aromatic N) is 3. The number of halogens is 3. The van der Waals surface area contributed by atoms with Gasteiger partial charge in [0, 0.05) is 39.3 Å². The molecule has 0 aromatic carbocycles. The number of hydrogen-bond acceptors (Lipinski definition) is 3. The third-order valence-corrected chi connectivity index (χ3v) is 2.59. The van der Waals surface area contributed by atoms with Gasteiger partial charge in [-0.3, -0.25) is 0 Å². The van der Waals surface area contributed by atoms with Crippen molar-refractivity contribution < 1.29 is 8.48 Å². The van der Waals surface area contributed by atoms with E-state index in [9.17, 15) is 0 Å². The summed E-state index contributed by atoms with van der Waals surface area (Å²) in [6.45, 7) is 7.19. The SMILES string of the molecule is CN1CCN(C)CCN(C)CC1.[Br][Fe]([Br])[Br]. The van der Waals surface area contributed by atoms with E-state index >= 15 is 0 Å². The first-order chi connectivity index (χ1) is 7.41. The van der Waals surface area contributed by atoms with Crippen LogP contribution < -0.4 is 0 Å². The molecule has 101 valence electrons. The van der Waals surface area contributed by atoms with E-state index in [0.717, 1.165) is 0 Å². The first-order valence-corrected chi connectivity index (χ1v) is 13.3. The Labute approximate surface area is 125 Å². The van der Waals surface area contributed by atoms with Crippen molar-refractivity contribution in [3.05, 3.63) is 0 Å². The number of likely N-dealkylation sites (N-methyl/N-ethyl adjacent to an activating group) is 3. The molecule has 0 atom stereocenters. The monoisotopic (exact) mass is 464 g/mol. The van der Waals surface area contributed by atoms with E-state index < -0.39 is 0 Å². The van der Waals surface area contributed by atoms with Crippen LogP contribution in [0.3, 0.4) is 0 Å². The van der Waals surface area contributed by atoms with Crippen molar-refractivity contribution in [1.29, 1.82) is 0 Å². The van der Waals surface area contributed by atoms with Gasteiger partial charge in [-0.15, -0.1) is 0 Å². The van der Waals surface area contributed by atoms with Crippen LogP contribution in [0.4, 0.5) is 0 Å². The summed E-state index contributed by atoms with van der Waals surface area (Å²) < 4.78 is 0. The molecule has 3 nitrogen and oxygen atoms in total. The fraction of sp³-hybridized carbons (Fsp3) is 1.00. The van der Waals surface area contributed by atoms with Gasteiger partial charge in [0.1, 0.15) is 0 Å². The first kappa shape index (κ1) is 17.8. The second kappa shape index (κ2) is 10.7. The molecule has 0 spiro atoms.